The number of aryl methyl sites for hydroxylation is 1. The van der Waals surface area contributed by atoms with Gasteiger partial charge >= 0.3 is 0 Å². The fraction of sp³-hybridized carbons (Fsp3) is 0.333. The summed E-state index contributed by atoms with van der Waals surface area (Å²) in [4.78, 5) is 0. The van der Waals surface area contributed by atoms with Crippen LogP contribution in [0.5, 0.6) is 0 Å². The maximum absolute atomic E-state index is 3.50. The van der Waals surface area contributed by atoms with Crippen LogP contribution in [0.2, 0.25) is 0 Å². The molecule has 0 heterocycles. The van der Waals surface area contributed by atoms with E-state index in [1.165, 1.54) is 16.7 Å². The van der Waals surface area contributed by atoms with Gasteiger partial charge in [0.2, 0.25) is 0 Å². The summed E-state index contributed by atoms with van der Waals surface area (Å²) in [6, 6.07) is 19.6. The third-order valence-electron chi connectivity index (χ3n) is 4.03. The van der Waals surface area contributed by atoms with Crippen molar-refractivity contribution in [3.63, 3.8) is 0 Å². The molecule has 0 radical (unpaired) electrons. The molecule has 1 N–H and O–H groups in total. The van der Waals surface area contributed by atoms with E-state index in [1.807, 2.05) is 7.05 Å². The number of likely N-dealkylation sites (N-methyl/N-ethyl adjacent to an activating group) is 1. The van der Waals surface area contributed by atoms with E-state index >= 15 is 0 Å². The smallest absolute Gasteiger partial charge is 0.0413 e. The molecular weight excluding hydrogens is 230 g/mol. The summed E-state index contributed by atoms with van der Waals surface area (Å²) in [5, 5.41) is 3.50. The molecule has 0 spiro atoms. The molecule has 1 unspecified atom stereocenters. The summed E-state index contributed by atoms with van der Waals surface area (Å²) in [5.41, 5.74) is 4.12. The zero-order valence-corrected chi connectivity index (χ0v) is 12.3. The highest BCUT2D eigenvalue weighted by Crippen LogP contribution is 2.37. The Hall–Kier alpha value is -1.60. The van der Waals surface area contributed by atoms with Gasteiger partial charge in [-0.25, -0.2) is 0 Å². The van der Waals surface area contributed by atoms with Crippen LogP contribution in [-0.2, 0) is 5.41 Å². The van der Waals surface area contributed by atoms with Crippen LogP contribution in [0.25, 0.3) is 0 Å². The normalized spacial score (nSPS) is 13.3. The molecule has 2 rings (SSSR count). The fourth-order valence-corrected chi connectivity index (χ4v) is 2.85. The highest BCUT2D eigenvalue weighted by atomic mass is 14.9. The van der Waals surface area contributed by atoms with Crippen molar-refractivity contribution in [2.24, 2.45) is 0 Å². The predicted molar refractivity (Wildman–Crippen MR) is 82.4 cm³/mol. The Morgan fingerprint density at radius 1 is 0.895 bits per heavy atom. The lowest BCUT2D eigenvalue weighted by Gasteiger charge is -2.36. The van der Waals surface area contributed by atoms with Crippen LogP contribution in [-0.4, -0.2) is 7.05 Å². The van der Waals surface area contributed by atoms with Crippen LogP contribution >= 0.6 is 0 Å². The van der Waals surface area contributed by atoms with Crippen molar-refractivity contribution >= 4 is 0 Å². The van der Waals surface area contributed by atoms with Crippen molar-refractivity contribution in [1.29, 1.82) is 0 Å². The number of hydrogen-bond acceptors (Lipinski definition) is 1. The van der Waals surface area contributed by atoms with E-state index in [2.05, 4.69) is 80.7 Å². The van der Waals surface area contributed by atoms with Crippen LogP contribution in [0, 0.1) is 6.92 Å². The first-order valence-corrected chi connectivity index (χ1v) is 6.85. The summed E-state index contributed by atoms with van der Waals surface area (Å²) in [6.07, 6.45) is 0. The van der Waals surface area contributed by atoms with Crippen LogP contribution in [0.15, 0.2) is 54.6 Å². The highest BCUT2D eigenvalue weighted by molar-refractivity contribution is 5.35. The van der Waals surface area contributed by atoms with Gasteiger partial charge in [0.1, 0.15) is 0 Å². The summed E-state index contributed by atoms with van der Waals surface area (Å²) >= 11 is 0. The second-order valence-electron chi connectivity index (χ2n) is 5.67. The van der Waals surface area contributed by atoms with Crippen molar-refractivity contribution < 1.29 is 0 Å². The number of rotatable bonds is 4. The number of benzene rings is 2. The zero-order chi connectivity index (χ0) is 13.9. The Morgan fingerprint density at radius 3 is 2.05 bits per heavy atom. The zero-order valence-electron chi connectivity index (χ0n) is 12.3. The number of nitrogens with one attached hydrogen (secondary N) is 1. The van der Waals surface area contributed by atoms with E-state index in [0.29, 0.717) is 6.04 Å². The van der Waals surface area contributed by atoms with Gasteiger partial charge in [-0.1, -0.05) is 68.4 Å². The second-order valence-corrected chi connectivity index (χ2v) is 5.67. The molecule has 0 saturated heterocycles. The molecule has 19 heavy (non-hydrogen) atoms. The monoisotopic (exact) mass is 253 g/mol. The molecule has 0 saturated carbocycles. The molecule has 0 bridgehead atoms. The van der Waals surface area contributed by atoms with Crippen molar-refractivity contribution in [2.45, 2.75) is 32.2 Å². The van der Waals surface area contributed by atoms with Gasteiger partial charge in [-0.05, 0) is 30.7 Å². The molecular formula is C18H23N. The molecule has 2 aromatic rings. The first-order valence-electron chi connectivity index (χ1n) is 6.85. The van der Waals surface area contributed by atoms with Gasteiger partial charge in [0.15, 0.2) is 0 Å². The molecule has 0 aliphatic heterocycles. The van der Waals surface area contributed by atoms with E-state index in [4.69, 9.17) is 0 Å². The minimum atomic E-state index is 0.0438. The topological polar surface area (TPSA) is 12.0 Å². The molecule has 0 fully saturated rings. The van der Waals surface area contributed by atoms with Gasteiger partial charge in [-0.15, -0.1) is 0 Å². The summed E-state index contributed by atoms with van der Waals surface area (Å²) < 4.78 is 0. The van der Waals surface area contributed by atoms with E-state index < -0.39 is 0 Å². The molecule has 2 aromatic carbocycles. The Kier molecular flexibility index (Phi) is 4.06. The van der Waals surface area contributed by atoms with Gasteiger partial charge in [-0.2, -0.15) is 0 Å². The van der Waals surface area contributed by atoms with Crippen molar-refractivity contribution in [1.82, 2.24) is 5.32 Å². The van der Waals surface area contributed by atoms with Gasteiger partial charge < -0.3 is 5.32 Å². The molecule has 0 amide bonds. The van der Waals surface area contributed by atoms with Gasteiger partial charge in [0, 0.05) is 11.5 Å². The van der Waals surface area contributed by atoms with Crippen LogP contribution in [0.4, 0.5) is 0 Å². The fourth-order valence-electron chi connectivity index (χ4n) is 2.85. The minimum absolute atomic E-state index is 0.0438. The van der Waals surface area contributed by atoms with E-state index in [0.717, 1.165) is 0 Å². The van der Waals surface area contributed by atoms with Gasteiger partial charge in [-0.3, -0.25) is 0 Å². The average Bonchev–Trinajstić information content (AvgIpc) is 2.42. The average molecular weight is 253 g/mol. The molecule has 0 aromatic heterocycles. The first-order chi connectivity index (χ1) is 9.07. The SMILES string of the molecule is CNC(c1ccccc1C)C(C)(C)c1ccccc1. The van der Waals surface area contributed by atoms with Gasteiger partial charge in [0.05, 0.1) is 0 Å². The predicted octanol–water partition coefficient (Wildman–Crippen LogP) is 4.23. The molecule has 1 atom stereocenters. The molecule has 1 nitrogen and oxygen atoms in total. The molecule has 0 aliphatic rings. The standard InChI is InChI=1S/C18H23N/c1-14-10-8-9-13-16(14)17(19-4)18(2,3)15-11-6-5-7-12-15/h5-13,17,19H,1-4H3. The van der Waals surface area contributed by atoms with Crippen LogP contribution in [0.1, 0.15) is 36.6 Å². The Morgan fingerprint density at radius 2 is 1.47 bits per heavy atom. The Bertz CT molecular complexity index is 528. The third kappa shape index (κ3) is 2.71. The lowest BCUT2D eigenvalue weighted by Crippen LogP contribution is -2.36. The van der Waals surface area contributed by atoms with Crippen molar-refractivity contribution in [3.8, 4) is 0 Å². The highest BCUT2D eigenvalue weighted by Gasteiger charge is 2.31. The second kappa shape index (κ2) is 5.58. The molecule has 1 heteroatoms. The third-order valence-corrected chi connectivity index (χ3v) is 4.03. The van der Waals surface area contributed by atoms with E-state index in [9.17, 15) is 0 Å². The summed E-state index contributed by atoms with van der Waals surface area (Å²) in [5.74, 6) is 0. The maximum Gasteiger partial charge on any atom is 0.0413 e. The number of hydrogen-bond donors (Lipinski definition) is 1. The Labute approximate surface area is 116 Å². The minimum Gasteiger partial charge on any atom is -0.312 e. The largest absolute Gasteiger partial charge is 0.312 e. The van der Waals surface area contributed by atoms with E-state index in [1.54, 1.807) is 0 Å². The van der Waals surface area contributed by atoms with Crippen LogP contribution in [0.3, 0.4) is 0 Å². The lowest BCUT2D eigenvalue weighted by atomic mass is 9.74. The van der Waals surface area contributed by atoms with E-state index in [-0.39, 0.29) is 5.41 Å². The van der Waals surface area contributed by atoms with Crippen molar-refractivity contribution in [3.05, 3.63) is 71.3 Å². The first kappa shape index (κ1) is 13.8. The summed E-state index contributed by atoms with van der Waals surface area (Å²) in [7, 11) is 2.04. The van der Waals surface area contributed by atoms with Gasteiger partial charge in [0.25, 0.3) is 0 Å². The maximum atomic E-state index is 3.50. The van der Waals surface area contributed by atoms with Crippen molar-refractivity contribution in [2.75, 3.05) is 7.05 Å². The van der Waals surface area contributed by atoms with Crippen LogP contribution < -0.4 is 5.32 Å². The molecule has 100 valence electrons. The lowest BCUT2D eigenvalue weighted by molar-refractivity contribution is 0.367. The summed E-state index contributed by atoms with van der Waals surface area (Å²) in [6.45, 7) is 6.78. The molecule has 0 aliphatic carbocycles. The quantitative estimate of drug-likeness (QED) is 0.859. The Balaban J connectivity index is 2.45.